The van der Waals surface area contributed by atoms with E-state index in [1.165, 1.54) is 0 Å². The molecular weight excluding hydrogens is 274 g/mol. The van der Waals surface area contributed by atoms with Crippen LogP contribution in [0.3, 0.4) is 0 Å². The number of rotatable bonds is 2. The van der Waals surface area contributed by atoms with Crippen molar-refractivity contribution in [3.63, 3.8) is 0 Å². The summed E-state index contributed by atoms with van der Waals surface area (Å²) >= 11 is 0. The third kappa shape index (κ3) is 2.64. The Morgan fingerprint density at radius 3 is 2.68 bits per heavy atom. The molecule has 0 aliphatic carbocycles. The van der Waals surface area contributed by atoms with Gasteiger partial charge in [-0.15, -0.1) is 0 Å². The summed E-state index contributed by atoms with van der Waals surface area (Å²) in [4.78, 5) is 13.7. The molecule has 1 atom stereocenters. The first kappa shape index (κ1) is 14.8. The highest BCUT2D eigenvalue weighted by atomic mass is 16.3. The summed E-state index contributed by atoms with van der Waals surface area (Å²) in [7, 11) is 1.82. The molecule has 0 fully saturated rings. The third-order valence-electron chi connectivity index (χ3n) is 4.47. The van der Waals surface area contributed by atoms with E-state index in [1.807, 2.05) is 56.4 Å². The van der Waals surface area contributed by atoms with Gasteiger partial charge in [0.25, 0.3) is 0 Å². The molecule has 1 heterocycles. The van der Waals surface area contributed by atoms with Crippen LogP contribution in [-0.2, 0) is 11.2 Å². The minimum atomic E-state index is -0.629. The summed E-state index contributed by atoms with van der Waals surface area (Å²) in [5.74, 6) is 0.158. The normalized spacial score (nSPS) is 16.1. The zero-order chi connectivity index (χ0) is 15.7. The smallest absolute Gasteiger partial charge is 0.226 e. The molecule has 1 aliphatic heterocycles. The van der Waals surface area contributed by atoms with Crippen molar-refractivity contribution in [3.05, 3.63) is 64.7 Å². The highest BCUT2D eigenvalue weighted by Crippen LogP contribution is 2.31. The minimum Gasteiger partial charge on any atom is -0.384 e. The Morgan fingerprint density at radius 1 is 1.14 bits per heavy atom. The van der Waals surface area contributed by atoms with Crippen LogP contribution in [0.15, 0.2) is 42.5 Å². The van der Waals surface area contributed by atoms with Gasteiger partial charge >= 0.3 is 0 Å². The summed E-state index contributed by atoms with van der Waals surface area (Å²) in [6.07, 6.45) is 1.69. The maximum Gasteiger partial charge on any atom is 0.226 e. The second-order valence-corrected chi connectivity index (χ2v) is 5.95. The Labute approximate surface area is 131 Å². The zero-order valence-corrected chi connectivity index (χ0v) is 13.0. The van der Waals surface area contributed by atoms with Crippen molar-refractivity contribution in [2.24, 2.45) is 0 Å². The SMILES string of the molecule is Cc1ccccc1C(O)c1ccc2c(c1)CCCC(=O)N2C. The number of benzene rings is 2. The van der Waals surface area contributed by atoms with Crippen LogP contribution >= 0.6 is 0 Å². The lowest BCUT2D eigenvalue weighted by molar-refractivity contribution is -0.118. The van der Waals surface area contributed by atoms with Crippen LogP contribution in [0.2, 0.25) is 0 Å². The van der Waals surface area contributed by atoms with Gasteiger partial charge in [-0.2, -0.15) is 0 Å². The van der Waals surface area contributed by atoms with Gasteiger partial charge in [0.1, 0.15) is 6.10 Å². The number of carbonyl (C=O) groups excluding carboxylic acids is 1. The van der Waals surface area contributed by atoms with Crippen LogP contribution in [0.5, 0.6) is 0 Å². The minimum absolute atomic E-state index is 0.158. The van der Waals surface area contributed by atoms with Gasteiger partial charge in [0, 0.05) is 19.2 Å². The van der Waals surface area contributed by atoms with Crippen LogP contribution in [-0.4, -0.2) is 18.1 Å². The third-order valence-corrected chi connectivity index (χ3v) is 4.47. The Morgan fingerprint density at radius 2 is 1.91 bits per heavy atom. The number of hydrogen-bond donors (Lipinski definition) is 1. The Kier molecular flexibility index (Phi) is 3.99. The first-order valence-corrected chi connectivity index (χ1v) is 7.71. The van der Waals surface area contributed by atoms with Gasteiger partial charge in [-0.05, 0) is 48.1 Å². The van der Waals surface area contributed by atoms with Crippen molar-refractivity contribution in [1.82, 2.24) is 0 Å². The molecule has 0 saturated carbocycles. The molecule has 2 aromatic carbocycles. The average molecular weight is 295 g/mol. The van der Waals surface area contributed by atoms with E-state index >= 15 is 0 Å². The van der Waals surface area contributed by atoms with Crippen LogP contribution in [0.25, 0.3) is 0 Å². The number of aliphatic hydroxyl groups is 1. The van der Waals surface area contributed by atoms with Crippen molar-refractivity contribution >= 4 is 11.6 Å². The standard InChI is InChI=1S/C19H21NO2/c1-13-6-3-4-8-16(13)19(22)15-10-11-17-14(12-15)7-5-9-18(21)20(17)2/h3-4,6,8,10-12,19,22H,5,7,9H2,1-2H3. The molecule has 1 N–H and O–H groups in total. The van der Waals surface area contributed by atoms with Crippen molar-refractivity contribution in [3.8, 4) is 0 Å². The van der Waals surface area contributed by atoms with E-state index in [-0.39, 0.29) is 5.91 Å². The molecule has 0 spiro atoms. The molecule has 0 radical (unpaired) electrons. The molecule has 2 aromatic rings. The number of anilines is 1. The van der Waals surface area contributed by atoms with Gasteiger partial charge in [-0.25, -0.2) is 0 Å². The monoisotopic (exact) mass is 295 g/mol. The second kappa shape index (κ2) is 5.93. The summed E-state index contributed by atoms with van der Waals surface area (Å²) in [6, 6.07) is 13.8. The molecule has 3 nitrogen and oxygen atoms in total. The van der Waals surface area contributed by atoms with Gasteiger partial charge in [-0.3, -0.25) is 4.79 Å². The van der Waals surface area contributed by atoms with Crippen molar-refractivity contribution < 1.29 is 9.90 Å². The second-order valence-electron chi connectivity index (χ2n) is 5.95. The molecule has 114 valence electrons. The molecule has 3 rings (SSSR count). The molecule has 1 unspecified atom stereocenters. The summed E-state index contributed by atoms with van der Waals surface area (Å²) in [6.45, 7) is 2.01. The highest BCUT2D eigenvalue weighted by Gasteiger charge is 2.21. The van der Waals surface area contributed by atoms with Crippen molar-refractivity contribution in [1.29, 1.82) is 0 Å². The maximum atomic E-state index is 11.9. The first-order chi connectivity index (χ1) is 10.6. The van der Waals surface area contributed by atoms with Crippen LogP contribution < -0.4 is 4.90 Å². The van der Waals surface area contributed by atoms with Gasteiger partial charge in [0.2, 0.25) is 5.91 Å². The Bertz CT molecular complexity index is 708. The quantitative estimate of drug-likeness (QED) is 0.922. The lowest BCUT2D eigenvalue weighted by atomic mass is 9.95. The molecule has 3 heteroatoms. The zero-order valence-electron chi connectivity index (χ0n) is 13.0. The fourth-order valence-electron chi connectivity index (χ4n) is 3.11. The van der Waals surface area contributed by atoms with E-state index in [1.54, 1.807) is 4.90 Å². The molecule has 1 aliphatic rings. The number of hydrogen-bond acceptors (Lipinski definition) is 2. The largest absolute Gasteiger partial charge is 0.384 e. The van der Waals surface area contributed by atoms with Gasteiger partial charge in [0.05, 0.1) is 0 Å². The number of carbonyl (C=O) groups is 1. The number of amides is 1. The number of nitrogens with zero attached hydrogens (tertiary/aromatic N) is 1. The fourth-order valence-corrected chi connectivity index (χ4v) is 3.11. The van der Waals surface area contributed by atoms with E-state index in [2.05, 4.69) is 0 Å². The van der Waals surface area contributed by atoms with E-state index in [0.717, 1.165) is 40.8 Å². The summed E-state index contributed by atoms with van der Waals surface area (Å²) in [5, 5.41) is 10.7. The summed E-state index contributed by atoms with van der Waals surface area (Å²) in [5.41, 5.74) is 5.00. The maximum absolute atomic E-state index is 11.9. The number of fused-ring (bicyclic) bond motifs is 1. The van der Waals surface area contributed by atoms with Crippen molar-refractivity contribution in [2.45, 2.75) is 32.3 Å². The van der Waals surface area contributed by atoms with Crippen LogP contribution in [0, 0.1) is 6.92 Å². The van der Waals surface area contributed by atoms with Gasteiger partial charge in [0.15, 0.2) is 0 Å². The lowest BCUT2D eigenvalue weighted by Gasteiger charge is -2.20. The highest BCUT2D eigenvalue weighted by molar-refractivity contribution is 5.94. The van der Waals surface area contributed by atoms with Gasteiger partial charge < -0.3 is 10.0 Å². The first-order valence-electron chi connectivity index (χ1n) is 7.71. The lowest BCUT2D eigenvalue weighted by Crippen LogP contribution is -2.25. The fraction of sp³-hybridized carbons (Fsp3) is 0.316. The number of aliphatic hydroxyl groups excluding tert-OH is 1. The summed E-state index contributed by atoms with van der Waals surface area (Å²) < 4.78 is 0. The van der Waals surface area contributed by atoms with Crippen LogP contribution in [0.1, 0.15) is 41.2 Å². The predicted octanol–water partition coefficient (Wildman–Crippen LogP) is 3.38. The Balaban J connectivity index is 1.99. The van der Waals surface area contributed by atoms with E-state index in [9.17, 15) is 9.90 Å². The Hall–Kier alpha value is -2.13. The van der Waals surface area contributed by atoms with Crippen LogP contribution in [0.4, 0.5) is 5.69 Å². The molecule has 0 saturated heterocycles. The average Bonchev–Trinajstić information content (AvgIpc) is 2.66. The van der Waals surface area contributed by atoms with E-state index < -0.39 is 6.10 Å². The molecule has 22 heavy (non-hydrogen) atoms. The van der Waals surface area contributed by atoms with E-state index in [4.69, 9.17) is 0 Å². The molecule has 1 amide bonds. The van der Waals surface area contributed by atoms with Crippen molar-refractivity contribution in [2.75, 3.05) is 11.9 Å². The molecule has 0 bridgehead atoms. The van der Waals surface area contributed by atoms with Gasteiger partial charge in [-0.1, -0.05) is 36.4 Å². The van der Waals surface area contributed by atoms with E-state index in [0.29, 0.717) is 6.42 Å². The topological polar surface area (TPSA) is 40.5 Å². The number of aryl methyl sites for hydroxylation is 2. The molecular formula is C19H21NO2. The molecule has 0 aromatic heterocycles. The predicted molar refractivity (Wildman–Crippen MR) is 88.0 cm³/mol.